The van der Waals surface area contributed by atoms with Crippen LogP contribution < -0.4 is 14.8 Å². The maximum absolute atomic E-state index is 12.6. The van der Waals surface area contributed by atoms with Crippen LogP contribution in [0.25, 0.3) is 0 Å². The Morgan fingerprint density at radius 2 is 1.35 bits per heavy atom. The fourth-order valence-electron chi connectivity index (χ4n) is 3.42. The molecule has 0 aliphatic rings. The number of ether oxygens (including phenoxy) is 6. The van der Waals surface area contributed by atoms with Crippen LogP contribution in [0.15, 0.2) is 48.5 Å². The van der Waals surface area contributed by atoms with Crippen LogP contribution in [0.2, 0.25) is 0 Å². The van der Waals surface area contributed by atoms with Crippen LogP contribution in [0.4, 0.5) is 9.59 Å². The molecule has 2 aromatic carbocycles. The molecule has 2 atom stereocenters. The van der Waals surface area contributed by atoms with E-state index < -0.39 is 36.4 Å². The zero-order valence-corrected chi connectivity index (χ0v) is 26.2. The molecule has 0 spiro atoms. The average molecular weight is 602 g/mol. The molecule has 0 amide bonds. The minimum atomic E-state index is -0.989. The van der Waals surface area contributed by atoms with Crippen molar-refractivity contribution in [2.45, 2.75) is 67.0 Å². The Balaban J connectivity index is 2.18. The van der Waals surface area contributed by atoms with Crippen LogP contribution >= 0.6 is 0 Å². The zero-order valence-electron chi connectivity index (χ0n) is 26.2. The Kier molecular flexibility index (Phi) is 13.0. The summed E-state index contributed by atoms with van der Waals surface area (Å²) in [5.41, 5.74) is 0.373. The third-order valence-corrected chi connectivity index (χ3v) is 5.54. The van der Waals surface area contributed by atoms with Gasteiger partial charge in [0.2, 0.25) is 0 Å². The monoisotopic (exact) mass is 601 g/mol. The highest BCUT2D eigenvalue weighted by atomic mass is 16.7. The van der Waals surface area contributed by atoms with Crippen LogP contribution in [0.1, 0.15) is 64.4 Å². The molecule has 0 aliphatic heterocycles. The van der Waals surface area contributed by atoms with Crippen molar-refractivity contribution in [3.8, 4) is 11.5 Å². The average Bonchev–Trinajstić information content (AvgIpc) is 2.93. The highest BCUT2D eigenvalue weighted by Crippen LogP contribution is 2.30. The Labute approximate surface area is 253 Å². The molecule has 0 bridgehead atoms. The quantitative estimate of drug-likeness (QED) is 0.181. The number of carbonyl (C=O) groups is 4. The SMILES string of the molecule is COC(=O)[C@H](Cc1ccc(OC(=O)OCC(C)(C)C)c(OC(=O)OCC(C)(C)C)c1)NCC(C)OC(=O)c1ccccc1. The first kappa shape index (κ1) is 35.1. The summed E-state index contributed by atoms with van der Waals surface area (Å²) in [6, 6.07) is 12.2. The first-order valence-electron chi connectivity index (χ1n) is 14.0. The maximum Gasteiger partial charge on any atom is 0.513 e. The molecule has 0 saturated heterocycles. The standard InChI is InChI=1S/C32H43NO10/c1-21(41-27(34)23-12-10-9-11-13-23)18-33-24(28(35)38-8)16-22-14-15-25(42-29(36)39-19-31(2,3)4)26(17-22)43-30(37)40-20-32(5,6)7/h9-15,17,21,24,33H,16,18-20H2,1-8H3/t21?,24-/m0/s1. The topological polar surface area (TPSA) is 136 Å². The molecule has 1 N–H and O–H groups in total. The van der Waals surface area contributed by atoms with Gasteiger partial charge in [-0.3, -0.25) is 4.79 Å². The van der Waals surface area contributed by atoms with Crippen LogP contribution in [0.5, 0.6) is 11.5 Å². The molecule has 0 fully saturated rings. The predicted molar refractivity (Wildman–Crippen MR) is 158 cm³/mol. The van der Waals surface area contributed by atoms with Crippen molar-refractivity contribution in [1.29, 1.82) is 0 Å². The van der Waals surface area contributed by atoms with Gasteiger partial charge in [0.25, 0.3) is 0 Å². The summed E-state index contributed by atoms with van der Waals surface area (Å²) >= 11 is 0. The van der Waals surface area contributed by atoms with E-state index in [0.29, 0.717) is 11.1 Å². The van der Waals surface area contributed by atoms with Crippen molar-refractivity contribution in [2.24, 2.45) is 10.8 Å². The summed E-state index contributed by atoms with van der Waals surface area (Å²) in [6.45, 7) is 13.4. The molecule has 0 radical (unpaired) electrons. The predicted octanol–water partition coefficient (Wildman–Crippen LogP) is 5.73. The molecular formula is C32H43NO10. The molecule has 1 unspecified atom stereocenters. The van der Waals surface area contributed by atoms with Gasteiger partial charge in [-0.15, -0.1) is 0 Å². The lowest BCUT2D eigenvalue weighted by molar-refractivity contribution is -0.143. The zero-order chi connectivity index (χ0) is 32.2. The Bertz CT molecular complexity index is 1230. The van der Waals surface area contributed by atoms with Crippen LogP contribution in [-0.4, -0.2) is 63.3 Å². The fourth-order valence-corrected chi connectivity index (χ4v) is 3.42. The highest BCUT2D eigenvalue weighted by Gasteiger charge is 2.24. The van der Waals surface area contributed by atoms with Crippen molar-refractivity contribution in [2.75, 3.05) is 26.9 Å². The molecule has 2 rings (SSSR count). The third-order valence-electron chi connectivity index (χ3n) is 5.54. The number of methoxy groups -OCH3 is 1. The smallest absolute Gasteiger partial charge is 0.468 e. The number of esters is 2. The molecule has 2 aromatic rings. The minimum absolute atomic E-state index is 0.0700. The number of benzene rings is 2. The van der Waals surface area contributed by atoms with E-state index in [0.717, 1.165) is 0 Å². The van der Waals surface area contributed by atoms with E-state index in [2.05, 4.69) is 5.32 Å². The van der Waals surface area contributed by atoms with Crippen molar-refractivity contribution >= 4 is 24.2 Å². The molecule has 11 nitrogen and oxygen atoms in total. The molecule has 43 heavy (non-hydrogen) atoms. The lowest BCUT2D eigenvalue weighted by Crippen LogP contribution is -2.43. The van der Waals surface area contributed by atoms with Gasteiger partial charge < -0.3 is 33.7 Å². The van der Waals surface area contributed by atoms with Gasteiger partial charge in [0.05, 0.1) is 25.9 Å². The van der Waals surface area contributed by atoms with Gasteiger partial charge in [0.15, 0.2) is 11.5 Å². The van der Waals surface area contributed by atoms with Gasteiger partial charge in [0, 0.05) is 6.54 Å². The molecule has 236 valence electrons. The van der Waals surface area contributed by atoms with E-state index in [1.54, 1.807) is 43.3 Å². The second-order valence-electron chi connectivity index (χ2n) is 12.5. The van der Waals surface area contributed by atoms with Gasteiger partial charge in [0.1, 0.15) is 12.1 Å². The summed E-state index contributed by atoms with van der Waals surface area (Å²) in [5.74, 6) is -1.21. The highest BCUT2D eigenvalue weighted by molar-refractivity contribution is 5.89. The number of hydrogen-bond acceptors (Lipinski definition) is 11. The summed E-state index contributed by atoms with van der Waals surface area (Å²) in [6.07, 6.45) is -2.42. The minimum Gasteiger partial charge on any atom is -0.468 e. The molecule has 0 heterocycles. The molecule has 0 aliphatic carbocycles. The lowest BCUT2D eigenvalue weighted by atomic mass is 9.99. The second kappa shape index (κ2) is 15.9. The summed E-state index contributed by atoms with van der Waals surface area (Å²) < 4.78 is 31.5. The van der Waals surface area contributed by atoms with Gasteiger partial charge in [-0.05, 0) is 54.0 Å². The maximum atomic E-state index is 12.6. The fraction of sp³-hybridized carbons (Fsp3) is 0.500. The first-order chi connectivity index (χ1) is 20.1. The van der Waals surface area contributed by atoms with E-state index in [-0.39, 0.29) is 48.5 Å². The molecular weight excluding hydrogens is 558 g/mol. The number of carbonyl (C=O) groups excluding carboxylic acids is 4. The van der Waals surface area contributed by atoms with Crippen molar-refractivity contribution in [1.82, 2.24) is 5.32 Å². The van der Waals surface area contributed by atoms with E-state index in [4.69, 9.17) is 28.4 Å². The lowest BCUT2D eigenvalue weighted by Gasteiger charge is -2.21. The van der Waals surface area contributed by atoms with Crippen molar-refractivity contribution < 1.29 is 47.6 Å². The van der Waals surface area contributed by atoms with E-state index in [9.17, 15) is 19.2 Å². The number of hydrogen-bond donors (Lipinski definition) is 1. The van der Waals surface area contributed by atoms with E-state index >= 15 is 0 Å². The Hall–Kier alpha value is -4.12. The number of rotatable bonds is 12. The van der Waals surface area contributed by atoms with Crippen LogP contribution in [0.3, 0.4) is 0 Å². The van der Waals surface area contributed by atoms with Crippen molar-refractivity contribution in [3.05, 3.63) is 59.7 Å². The first-order valence-corrected chi connectivity index (χ1v) is 14.0. The largest absolute Gasteiger partial charge is 0.513 e. The van der Waals surface area contributed by atoms with Gasteiger partial charge >= 0.3 is 24.2 Å². The Morgan fingerprint density at radius 1 is 0.791 bits per heavy atom. The third kappa shape index (κ3) is 13.6. The summed E-state index contributed by atoms with van der Waals surface area (Å²) in [5, 5.41) is 3.06. The molecule has 0 saturated carbocycles. The summed E-state index contributed by atoms with van der Waals surface area (Å²) in [4.78, 5) is 49.8. The van der Waals surface area contributed by atoms with Gasteiger partial charge in [-0.2, -0.15) is 0 Å². The normalized spacial score (nSPS) is 12.8. The molecule has 0 aromatic heterocycles. The van der Waals surface area contributed by atoms with Crippen molar-refractivity contribution in [3.63, 3.8) is 0 Å². The van der Waals surface area contributed by atoms with Gasteiger partial charge in [-0.25, -0.2) is 14.4 Å². The Morgan fingerprint density at radius 3 is 1.88 bits per heavy atom. The molecule has 11 heteroatoms. The van der Waals surface area contributed by atoms with Gasteiger partial charge in [-0.1, -0.05) is 65.8 Å². The summed E-state index contributed by atoms with van der Waals surface area (Å²) in [7, 11) is 1.26. The van der Waals surface area contributed by atoms with Crippen LogP contribution in [-0.2, 0) is 30.2 Å². The van der Waals surface area contributed by atoms with E-state index in [1.165, 1.54) is 19.2 Å². The number of nitrogens with one attached hydrogen (secondary N) is 1. The van der Waals surface area contributed by atoms with E-state index in [1.807, 2.05) is 41.5 Å². The second-order valence-corrected chi connectivity index (χ2v) is 12.5. The van der Waals surface area contributed by atoms with Crippen LogP contribution in [0, 0.1) is 10.8 Å².